The first kappa shape index (κ1) is 16.9. The highest BCUT2D eigenvalue weighted by atomic mass is 32.2. The largest absolute Gasteiger partial charge is 0.300 e. The second-order valence-electron chi connectivity index (χ2n) is 4.85. The predicted octanol–water partition coefficient (Wildman–Crippen LogP) is 4.12. The molecule has 1 atom stereocenters. The van der Waals surface area contributed by atoms with Crippen LogP contribution < -0.4 is 5.32 Å². The number of thioether (sulfide) groups is 1. The van der Waals surface area contributed by atoms with Crippen molar-refractivity contribution in [3.63, 3.8) is 0 Å². The number of hydrogen-bond acceptors (Lipinski definition) is 3. The molecule has 0 heterocycles. The van der Waals surface area contributed by atoms with E-state index in [1.54, 1.807) is 0 Å². The van der Waals surface area contributed by atoms with E-state index in [0.717, 1.165) is 37.6 Å². The molecule has 1 aromatic rings. The highest BCUT2D eigenvalue weighted by Gasteiger charge is 2.21. The zero-order chi connectivity index (χ0) is 15.0. The topological polar surface area (TPSA) is 35.8 Å². The Hall–Kier alpha value is -1.12. The fraction of sp³-hybridized carbons (Fsp3) is 0.533. The molecule has 0 aliphatic carbocycles. The van der Waals surface area contributed by atoms with Gasteiger partial charge in [-0.15, -0.1) is 11.8 Å². The molecule has 20 heavy (non-hydrogen) atoms. The molecule has 1 rings (SSSR count). The van der Waals surface area contributed by atoms with Crippen LogP contribution in [-0.4, -0.2) is 17.8 Å². The van der Waals surface area contributed by atoms with Crippen molar-refractivity contribution in [3.8, 4) is 6.07 Å². The average Bonchev–Trinajstić information content (AvgIpc) is 2.41. The first-order chi connectivity index (χ1) is 9.50. The molecule has 0 spiro atoms. The van der Waals surface area contributed by atoms with Crippen LogP contribution in [0.3, 0.4) is 0 Å². The van der Waals surface area contributed by atoms with Gasteiger partial charge in [0.15, 0.2) is 0 Å². The molecule has 2 nitrogen and oxygen atoms in total. The Morgan fingerprint density at radius 2 is 2.10 bits per heavy atom. The molecular formula is C15H20F2N2S. The van der Waals surface area contributed by atoms with Crippen LogP contribution in [0.25, 0.3) is 0 Å². The summed E-state index contributed by atoms with van der Waals surface area (Å²) in [5, 5.41) is 12.3. The third kappa shape index (κ3) is 5.48. The smallest absolute Gasteiger partial charge is 0.139 e. The summed E-state index contributed by atoms with van der Waals surface area (Å²) in [7, 11) is 0. The molecule has 0 amide bonds. The standard InChI is InChI=1S/C15H20F2N2S/c1-3-19-15(2,11-18)8-4-5-9-20-14-7-6-12(16)10-13(14)17/h6-7,10,19H,3-5,8-9H2,1-2H3. The van der Waals surface area contributed by atoms with E-state index < -0.39 is 17.2 Å². The van der Waals surface area contributed by atoms with Gasteiger partial charge in [0.2, 0.25) is 0 Å². The van der Waals surface area contributed by atoms with Gasteiger partial charge in [-0.25, -0.2) is 8.78 Å². The molecule has 1 unspecified atom stereocenters. The van der Waals surface area contributed by atoms with Gasteiger partial charge in [-0.2, -0.15) is 5.26 Å². The maximum atomic E-state index is 13.4. The lowest BCUT2D eigenvalue weighted by molar-refractivity contribution is 0.415. The Balaban J connectivity index is 2.30. The third-order valence-electron chi connectivity index (χ3n) is 3.04. The maximum absolute atomic E-state index is 13.4. The van der Waals surface area contributed by atoms with E-state index >= 15 is 0 Å². The van der Waals surface area contributed by atoms with Crippen LogP contribution in [-0.2, 0) is 0 Å². The van der Waals surface area contributed by atoms with Crippen LogP contribution in [0.4, 0.5) is 8.78 Å². The fourth-order valence-corrected chi connectivity index (χ4v) is 2.86. The van der Waals surface area contributed by atoms with Gasteiger partial charge in [0.05, 0.1) is 6.07 Å². The lowest BCUT2D eigenvalue weighted by Gasteiger charge is -2.22. The van der Waals surface area contributed by atoms with Gasteiger partial charge in [0.1, 0.15) is 17.2 Å². The average molecular weight is 298 g/mol. The molecule has 0 fully saturated rings. The minimum atomic E-state index is -0.553. The Bertz CT molecular complexity index is 473. The Morgan fingerprint density at radius 3 is 2.70 bits per heavy atom. The van der Waals surface area contributed by atoms with Gasteiger partial charge >= 0.3 is 0 Å². The Labute approximate surface area is 123 Å². The van der Waals surface area contributed by atoms with E-state index in [1.807, 2.05) is 13.8 Å². The summed E-state index contributed by atoms with van der Waals surface area (Å²) in [5.74, 6) is -0.303. The van der Waals surface area contributed by atoms with Crippen molar-refractivity contribution in [2.45, 2.75) is 43.5 Å². The van der Waals surface area contributed by atoms with Crippen LogP contribution in [0, 0.1) is 23.0 Å². The Kier molecular flexibility index (Phi) is 6.97. The minimum Gasteiger partial charge on any atom is -0.300 e. The minimum absolute atomic E-state index is 0.473. The fourth-order valence-electron chi connectivity index (χ4n) is 1.93. The van der Waals surface area contributed by atoms with Crippen molar-refractivity contribution in [1.29, 1.82) is 5.26 Å². The molecule has 0 aliphatic heterocycles. The monoisotopic (exact) mass is 298 g/mol. The summed E-state index contributed by atoms with van der Waals surface area (Å²) in [4.78, 5) is 0.473. The van der Waals surface area contributed by atoms with Gasteiger partial charge < -0.3 is 0 Å². The number of nitrogens with zero attached hydrogens (tertiary/aromatic N) is 1. The number of unbranched alkanes of at least 4 members (excludes halogenated alkanes) is 1. The van der Waals surface area contributed by atoms with E-state index in [0.29, 0.717) is 4.90 Å². The van der Waals surface area contributed by atoms with Crippen molar-refractivity contribution in [2.24, 2.45) is 0 Å². The number of halogens is 2. The Morgan fingerprint density at radius 1 is 1.35 bits per heavy atom. The molecule has 1 aromatic carbocycles. The molecule has 0 aromatic heterocycles. The maximum Gasteiger partial charge on any atom is 0.139 e. The van der Waals surface area contributed by atoms with E-state index in [2.05, 4.69) is 11.4 Å². The van der Waals surface area contributed by atoms with Gasteiger partial charge in [-0.05, 0) is 50.6 Å². The van der Waals surface area contributed by atoms with Crippen molar-refractivity contribution >= 4 is 11.8 Å². The number of nitrogens with one attached hydrogen (secondary N) is 1. The van der Waals surface area contributed by atoms with Crippen molar-refractivity contribution < 1.29 is 8.78 Å². The summed E-state index contributed by atoms with van der Waals surface area (Å²) in [5.41, 5.74) is -0.486. The summed E-state index contributed by atoms with van der Waals surface area (Å²) in [6, 6.07) is 5.92. The number of benzene rings is 1. The summed E-state index contributed by atoms with van der Waals surface area (Å²) >= 11 is 1.38. The summed E-state index contributed by atoms with van der Waals surface area (Å²) in [6.07, 6.45) is 2.56. The molecule has 0 saturated heterocycles. The van der Waals surface area contributed by atoms with E-state index in [1.165, 1.54) is 23.9 Å². The molecule has 5 heteroatoms. The van der Waals surface area contributed by atoms with Gasteiger partial charge in [-0.1, -0.05) is 6.92 Å². The zero-order valence-corrected chi connectivity index (χ0v) is 12.7. The normalized spacial score (nSPS) is 13.8. The molecule has 0 radical (unpaired) electrons. The molecule has 110 valence electrons. The number of hydrogen-bond donors (Lipinski definition) is 1. The predicted molar refractivity (Wildman–Crippen MR) is 78.6 cm³/mol. The van der Waals surface area contributed by atoms with Gasteiger partial charge in [-0.3, -0.25) is 5.32 Å². The second-order valence-corrected chi connectivity index (χ2v) is 5.99. The van der Waals surface area contributed by atoms with Crippen molar-refractivity contribution in [1.82, 2.24) is 5.32 Å². The summed E-state index contributed by atoms with van der Waals surface area (Å²) < 4.78 is 26.1. The van der Waals surface area contributed by atoms with E-state index in [4.69, 9.17) is 5.26 Å². The van der Waals surface area contributed by atoms with Crippen molar-refractivity contribution in [3.05, 3.63) is 29.8 Å². The first-order valence-electron chi connectivity index (χ1n) is 6.75. The molecule has 0 saturated carbocycles. The first-order valence-corrected chi connectivity index (χ1v) is 7.73. The van der Waals surface area contributed by atoms with Crippen LogP contribution in [0.5, 0.6) is 0 Å². The quantitative estimate of drug-likeness (QED) is 0.579. The van der Waals surface area contributed by atoms with Crippen LogP contribution >= 0.6 is 11.8 Å². The molecule has 0 aliphatic rings. The zero-order valence-electron chi connectivity index (χ0n) is 11.9. The highest BCUT2D eigenvalue weighted by Crippen LogP contribution is 2.24. The van der Waals surface area contributed by atoms with Crippen LogP contribution in [0.15, 0.2) is 23.1 Å². The lowest BCUT2D eigenvalue weighted by Crippen LogP contribution is -2.40. The lowest BCUT2D eigenvalue weighted by atomic mass is 9.97. The van der Waals surface area contributed by atoms with Gasteiger partial charge in [0.25, 0.3) is 0 Å². The highest BCUT2D eigenvalue weighted by molar-refractivity contribution is 7.99. The van der Waals surface area contributed by atoms with Crippen LogP contribution in [0.2, 0.25) is 0 Å². The van der Waals surface area contributed by atoms with Crippen LogP contribution in [0.1, 0.15) is 33.1 Å². The number of rotatable bonds is 8. The molecule has 0 bridgehead atoms. The second kappa shape index (κ2) is 8.23. The van der Waals surface area contributed by atoms with Gasteiger partial charge in [0, 0.05) is 11.0 Å². The molecular weight excluding hydrogens is 278 g/mol. The summed E-state index contributed by atoms with van der Waals surface area (Å²) in [6.45, 7) is 4.63. The number of nitriles is 1. The van der Waals surface area contributed by atoms with Crippen molar-refractivity contribution in [2.75, 3.05) is 12.3 Å². The van der Waals surface area contributed by atoms with E-state index in [-0.39, 0.29) is 0 Å². The van der Waals surface area contributed by atoms with E-state index in [9.17, 15) is 8.78 Å². The SMILES string of the molecule is CCNC(C)(C#N)CCCCSc1ccc(F)cc1F. The third-order valence-corrected chi connectivity index (χ3v) is 4.17. The molecule has 1 N–H and O–H groups in total.